The van der Waals surface area contributed by atoms with Gasteiger partial charge in [-0.25, -0.2) is 0 Å². The molecule has 2 aliphatic carbocycles. The van der Waals surface area contributed by atoms with Crippen LogP contribution in [0, 0.1) is 17.8 Å². The Kier molecular flexibility index (Phi) is 6.16. The molecule has 1 N–H and O–H groups in total. The number of fused-ring (bicyclic) bond motifs is 2. The van der Waals surface area contributed by atoms with Crippen molar-refractivity contribution in [3.8, 4) is 0 Å². The highest BCUT2D eigenvalue weighted by atomic mass is 19.4. The number of piperidine rings is 1. The molecule has 4 atom stereocenters. The van der Waals surface area contributed by atoms with Crippen LogP contribution < -0.4 is 5.32 Å². The van der Waals surface area contributed by atoms with Crippen molar-refractivity contribution < 1.29 is 22.7 Å². The van der Waals surface area contributed by atoms with Gasteiger partial charge in [-0.2, -0.15) is 13.2 Å². The van der Waals surface area contributed by atoms with Crippen molar-refractivity contribution in [2.75, 3.05) is 19.6 Å². The highest BCUT2D eigenvalue weighted by molar-refractivity contribution is 5.74. The van der Waals surface area contributed by atoms with Gasteiger partial charge >= 0.3 is 12.1 Å². The molecule has 160 valence electrons. The summed E-state index contributed by atoms with van der Waals surface area (Å²) in [6.07, 6.45) is 0.482. The first-order valence-corrected chi connectivity index (χ1v) is 10.6. The van der Waals surface area contributed by atoms with E-state index in [1.165, 1.54) is 4.90 Å². The molecule has 3 aliphatic rings. The number of nitrogens with one attached hydrogen (secondary N) is 1. The summed E-state index contributed by atoms with van der Waals surface area (Å²) in [5, 5.41) is 3.65. The van der Waals surface area contributed by atoms with Crippen molar-refractivity contribution in [1.29, 1.82) is 0 Å². The average Bonchev–Trinajstić information content (AvgIpc) is 3.29. The predicted molar refractivity (Wildman–Crippen MR) is 103 cm³/mol. The van der Waals surface area contributed by atoms with E-state index in [2.05, 4.69) is 5.32 Å². The molecule has 2 saturated carbocycles. The van der Waals surface area contributed by atoms with E-state index in [1.807, 2.05) is 30.3 Å². The Labute approximate surface area is 169 Å². The fourth-order valence-corrected chi connectivity index (χ4v) is 5.48. The number of likely N-dealkylation sites (tertiary alicyclic amines) is 1. The Morgan fingerprint density at radius 2 is 1.76 bits per heavy atom. The lowest BCUT2D eigenvalue weighted by Gasteiger charge is -2.38. The average molecular weight is 410 g/mol. The van der Waals surface area contributed by atoms with Crippen molar-refractivity contribution in [3.05, 3.63) is 35.9 Å². The van der Waals surface area contributed by atoms with E-state index in [0.29, 0.717) is 37.8 Å². The van der Waals surface area contributed by atoms with Crippen LogP contribution in [0.15, 0.2) is 30.3 Å². The summed E-state index contributed by atoms with van der Waals surface area (Å²) in [5.41, 5.74) is 0.977. The summed E-state index contributed by atoms with van der Waals surface area (Å²) in [4.78, 5) is 14.4. The topological polar surface area (TPSA) is 41.6 Å². The van der Waals surface area contributed by atoms with Gasteiger partial charge in [-0.1, -0.05) is 30.3 Å². The Morgan fingerprint density at radius 1 is 1.07 bits per heavy atom. The number of nitrogens with zero attached hydrogens (tertiary/aromatic N) is 1. The number of benzene rings is 1. The molecule has 2 bridgehead atoms. The maximum Gasteiger partial charge on any atom is 0.401 e. The molecule has 29 heavy (non-hydrogen) atoms. The minimum Gasteiger partial charge on any atom is -0.461 e. The molecule has 1 aromatic carbocycles. The minimum atomic E-state index is -4.14. The third-order valence-corrected chi connectivity index (χ3v) is 6.83. The lowest BCUT2D eigenvalue weighted by molar-refractivity contribution is -0.153. The monoisotopic (exact) mass is 410 g/mol. The molecule has 3 fully saturated rings. The lowest BCUT2D eigenvalue weighted by Crippen LogP contribution is -2.52. The molecular weight excluding hydrogens is 381 g/mol. The van der Waals surface area contributed by atoms with Gasteiger partial charge in [0.2, 0.25) is 0 Å². The van der Waals surface area contributed by atoms with Crippen LogP contribution in [0.4, 0.5) is 13.2 Å². The van der Waals surface area contributed by atoms with Crippen LogP contribution in [0.5, 0.6) is 0 Å². The molecule has 0 amide bonds. The number of esters is 1. The number of hydrogen-bond acceptors (Lipinski definition) is 4. The molecule has 1 aromatic rings. The number of carbonyl (C=O) groups excluding carboxylic acids is 1. The maximum atomic E-state index is 12.9. The summed E-state index contributed by atoms with van der Waals surface area (Å²) >= 11 is 0. The first kappa shape index (κ1) is 20.7. The standard InChI is InChI=1S/C22H29F3N2O2/c23-22(24,25)14-27-10-8-18(9-11-27)26-20-17-7-6-16(12-17)19(20)21(28)29-13-15-4-2-1-3-5-15/h1-5,16-20,26H,6-14H2/t16-,17-,19+,20-/m0/s1. The number of ether oxygens (including phenoxy) is 1. The summed E-state index contributed by atoms with van der Waals surface area (Å²) in [5.74, 6) is 0.576. The van der Waals surface area contributed by atoms with Gasteiger partial charge in [0.05, 0.1) is 12.5 Å². The second-order valence-corrected chi connectivity index (χ2v) is 8.81. The number of hydrogen-bond donors (Lipinski definition) is 1. The van der Waals surface area contributed by atoms with Crippen LogP contribution in [0.3, 0.4) is 0 Å². The molecule has 0 aromatic heterocycles. The largest absolute Gasteiger partial charge is 0.461 e. The van der Waals surface area contributed by atoms with Crippen LogP contribution in [0.1, 0.15) is 37.7 Å². The van der Waals surface area contributed by atoms with Gasteiger partial charge in [0.15, 0.2) is 0 Å². The van der Waals surface area contributed by atoms with E-state index in [1.54, 1.807) is 0 Å². The van der Waals surface area contributed by atoms with E-state index in [9.17, 15) is 18.0 Å². The van der Waals surface area contributed by atoms with Crippen LogP contribution >= 0.6 is 0 Å². The van der Waals surface area contributed by atoms with E-state index in [-0.39, 0.29) is 30.6 Å². The second-order valence-electron chi connectivity index (χ2n) is 8.81. The Hall–Kier alpha value is -1.60. The summed E-state index contributed by atoms with van der Waals surface area (Å²) < 4.78 is 43.4. The van der Waals surface area contributed by atoms with Crippen LogP contribution in [-0.2, 0) is 16.1 Å². The van der Waals surface area contributed by atoms with Gasteiger partial charge < -0.3 is 10.1 Å². The second kappa shape index (κ2) is 8.64. The predicted octanol–water partition coefficient (Wildman–Crippen LogP) is 3.76. The summed E-state index contributed by atoms with van der Waals surface area (Å²) in [6, 6.07) is 9.94. The highest BCUT2D eigenvalue weighted by Gasteiger charge is 2.52. The van der Waals surface area contributed by atoms with Crippen LogP contribution in [-0.4, -0.2) is 48.8 Å². The zero-order valence-corrected chi connectivity index (χ0v) is 16.5. The Balaban J connectivity index is 1.31. The number of rotatable bonds is 6. The first-order valence-electron chi connectivity index (χ1n) is 10.6. The lowest BCUT2D eigenvalue weighted by atomic mass is 9.83. The van der Waals surface area contributed by atoms with Crippen LogP contribution in [0.25, 0.3) is 0 Å². The van der Waals surface area contributed by atoms with Gasteiger partial charge in [0.1, 0.15) is 6.61 Å². The number of alkyl halides is 3. The van der Waals surface area contributed by atoms with E-state index in [0.717, 1.165) is 24.8 Å². The van der Waals surface area contributed by atoms with Gasteiger partial charge in [0.25, 0.3) is 0 Å². The summed E-state index contributed by atoms with van der Waals surface area (Å²) in [6.45, 7) is 0.348. The number of halogens is 3. The smallest absolute Gasteiger partial charge is 0.401 e. The van der Waals surface area contributed by atoms with Crippen LogP contribution in [0.2, 0.25) is 0 Å². The van der Waals surface area contributed by atoms with Crippen molar-refractivity contribution in [2.24, 2.45) is 17.8 Å². The van der Waals surface area contributed by atoms with Crippen molar-refractivity contribution in [3.63, 3.8) is 0 Å². The zero-order valence-electron chi connectivity index (χ0n) is 16.5. The van der Waals surface area contributed by atoms with Crippen molar-refractivity contribution in [1.82, 2.24) is 10.2 Å². The molecule has 0 unspecified atom stereocenters. The van der Waals surface area contributed by atoms with Gasteiger partial charge in [-0.15, -0.1) is 0 Å². The van der Waals surface area contributed by atoms with E-state index >= 15 is 0 Å². The molecule has 1 aliphatic heterocycles. The SMILES string of the molecule is O=C(OCc1ccccc1)[C@@H]1[C@H]2CC[C@@H](C2)[C@@H]1NC1CCN(CC(F)(F)F)CC1. The van der Waals surface area contributed by atoms with E-state index in [4.69, 9.17) is 4.74 Å². The molecular formula is C22H29F3N2O2. The quantitative estimate of drug-likeness (QED) is 0.725. The van der Waals surface area contributed by atoms with E-state index < -0.39 is 12.7 Å². The summed E-state index contributed by atoms with van der Waals surface area (Å²) in [7, 11) is 0. The van der Waals surface area contributed by atoms with Gasteiger partial charge in [-0.05, 0) is 62.6 Å². The molecule has 0 radical (unpaired) electrons. The molecule has 1 heterocycles. The minimum absolute atomic E-state index is 0.0937. The first-order chi connectivity index (χ1) is 13.9. The van der Waals surface area contributed by atoms with Gasteiger partial charge in [0, 0.05) is 12.1 Å². The Bertz CT molecular complexity index is 689. The fraction of sp³-hybridized carbons (Fsp3) is 0.682. The van der Waals surface area contributed by atoms with Crippen molar-refractivity contribution >= 4 is 5.97 Å². The molecule has 4 nitrogen and oxygen atoms in total. The van der Waals surface area contributed by atoms with Gasteiger partial charge in [-0.3, -0.25) is 9.69 Å². The third kappa shape index (κ3) is 5.12. The maximum absolute atomic E-state index is 12.9. The molecule has 7 heteroatoms. The normalized spacial score (nSPS) is 30.6. The highest BCUT2D eigenvalue weighted by Crippen LogP contribution is 2.49. The number of carbonyl (C=O) groups is 1. The molecule has 1 saturated heterocycles. The van der Waals surface area contributed by atoms with Crippen molar-refractivity contribution in [2.45, 2.75) is 57.0 Å². The third-order valence-electron chi connectivity index (χ3n) is 6.83. The fourth-order valence-electron chi connectivity index (χ4n) is 5.48. The molecule has 4 rings (SSSR count). The Morgan fingerprint density at radius 3 is 2.45 bits per heavy atom. The zero-order chi connectivity index (χ0) is 20.4. The molecule has 0 spiro atoms.